The van der Waals surface area contributed by atoms with Crippen LogP contribution in [0, 0.1) is 5.41 Å². The van der Waals surface area contributed by atoms with Crippen molar-refractivity contribution in [2.45, 2.75) is 33.7 Å². The average Bonchev–Trinajstić information content (AvgIpc) is 2.17. The summed E-state index contributed by atoms with van der Waals surface area (Å²) in [5.41, 5.74) is 0.804. The van der Waals surface area contributed by atoms with Crippen molar-refractivity contribution in [2.75, 3.05) is 0 Å². The molecule has 1 N–H and O–H groups in total. The van der Waals surface area contributed by atoms with Crippen LogP contribution in [0.1, 0.15) is 38.1 Å². The van der Waals surface area contributed by atoms with Crippen LogP contribution in [0.5, 0.6) is 0 Å². The number of hydrogen-bond acceptors (Lipinski definition) is 1. The van der Waals surface area contributed by atoms with Gasteiger partial charge < -0.3 is 5.32 Å². The van der Waals surface area contributed by atoms with Gasteiger partial charge >= 0.3 is 0 Å². The number of hydrogen-bond donors (Lipinski definition) is 1. The molecular weight excluding hydrogens is 186 g/mol. The summed E-state index contributed by atoms with van der Waals surface area (Å²) >= 11 is 0. The maximum absolute atomic E-state index is 11.8. The van der Waals surface area contributed by atoms with Gasteiger partial charge in [0.15, 0.2) is 0 Å². The Morgan fingerprint density at radius 2 is 1.73 bits per heavy atom. The van der Waals surface area contributed by atoms with E-state index in [2.05, 4.69) is 26.1 Å². The first-order valence-corrected chi connectivity index (χ1v) is 5.27. The van der Waals surface area contributed by atoms with Crippen molar-refractivity contribution in [3.63, 3.8) is 0 Å². The van der Waals surface area contributed by atoms with Crippen molar-refractivity contribution >= 4 is 5.91 Å². The van der Waals surface area contributed by atoms with Crippen LogP contribution in [-0.2, 0) is 0 Å². The number of amides is 1. The minimum Gasteiger partial charge on any atom is -0.349 e. The van der Waals surface area contributed by atoms with Crippen LogP contribution in [0.4, 0.5) is 0 Å². The Bertz CT molecular complexity index is 324. The third-order valence-corrected chi connectivity index (χ3v) is 2.68. The quantitative estimate of drug-likeness (QED) is 0.790. The normalized spacial score (nSPS) is 13.3. The summed E-state index contributed by atoms with van der Waals surface area (Å²) in [7, 11) is 0. The Morgan fingerprint density at radius 1 is 1.20 bits per heavy atom. The lowest BCUT2D eigenvalue weighted by Gasteiger charge is -2.28. The third kappa shape index (κ3) is 3.39. The van der Waals surface area contributed by atoms with Gasteiger partial charge in [-0.1, -0.05) is 39.0 Å². The number of rotatable bonds is 2. The topological polar surface area (TPSA) is 29.1 Å². The van der Waals surface area contributed by atoms with Crippen molar-refractivity contribution < 1.29 is 4.79 Å². The second kappa shape index (κ2) is 4.47. The van der Waals surface area contributed by atoms with Gasteiger partial charge in [-0.2, -0.15) is 0 Å². The highest BCUT2D eigenvalue weighted by Gasteiger charge is 2.21. The van der Waals surface area contributed by atoms with E-state index in [0.717, 1.165) is 0 Å². The van der Waals surface area contributed by atoms with Gasteiger partial charge in [-0.3, -0.25) is 4.79 Å². The minimum atomic E-state index is -0.00183. The molecule has 0 radical (unpaired) electrons. The van der Waals surface area contributed by atoms with E-state index in [-0.39, 0.29) is 17.4 Å². The van der Waals surface area contributed by atoms with Crippen molar-refractivity contribution in [3.05, 3.63) is 35.9 Å². The molecule has 15 heavy (non-hydrogen) atoms. The van der Waals surface area contributed by atoms with Gasteiger partial charge in [0.1, 0.15) is 0 Å². The lowest BCUT2D eigenvalue weighted by atomic mass is 9.88. The third-order valence-electron chi connectivity index (χ3n) is 2.68. The van der Waals surface area contributed by atoms with Crippen LogP contribution in [0.2, 0.25) is 0 Å². The smallest absolute Gasteiger partial charge is 0.251 e. The molecule has 0 saturated carbocycles. The first kappa shape index (κ1) is 11.8. The van der Waals surface area contributed by atoms with Crippen LogP contribution in [0.25, 0.3) is 0 Å². The molecule has 1 amide bonds. The second-order valence-corrected chi connectivity index (χ2v) is 4.93. The Labute approximate surface area is 91.7 Å². The molecule has 1 rings (SSSR count). The van der Waals surface area contributed by atoms with E-state index >= 15 is 0 Å². The molecule has 0 aliphatic carbocycles. The monoisotopic (exact) mass is 205 g/mol. The van der Waals surface area contributed by atoms with Crippen LogP contribution in [0.3, 0.4) is 0 Å². The lowest BCUT2D eigenvalue weighted by Crippen LogP contribution is -2.41. The molecule has 0 spiro atoms. The fourth-order valence-corrected chi connectivity index (χ4v) is 1.09. The SMILES string of the molecule is C[C@@H](NC(=O)c1ccccc1)C(C)(C)C. The van der Waals surface area contributed by atoms with Crippen LogP contribution >= 0.6 is 0 Å². The first-order valence-electron chi connectivity index (χ1n) is 5.27. The number of carbonyl (C=O) groups is 1. The number of benzene rings is 1. The molecule has 2 nitrogen and oxygen atoms in total. The van der Waals surface area contributed by atoms with Gasteiger partial charge in [0, 0.05) is 11.6 Å². The summed E-state index contributed by atoms with van der Waals surface area (Å²) in [6.45, 7) is 8.37. The first-order chi connectivity index (χ1) is 6.91. The number of carbonyl (C=O) groups excluding carboxylic acids is 1. The van der Waals surface area contributed by atoms with Gasteiger partial charge in [-0.15, -0.1) is 0 Å². The van der Waals surface area contributed by atoms with Crippen molar-refractivity contribution in [3.8, 4) is 0 Å². The molecule has 1 aromatic carbocycles. The van der Waals surface area contributed by atoms with Gasteiger partial charge in [0.25, 0.3) is 5.91 Å². The van der Waals surface area contributed by atoms with E-state index in [1.54, 1.807) is 0 Å². The lowest BCUT2D eigenvalue weighted by molar-refractivity contribution is 0.0910. The van der Waals surface area contributed by atoms with Crippen LogP contribution in [0.15, 0.2) is 30.3 Å². The molecule has 0 heterocycles. The summed E-state index contributed by atoms with van der Waals surface area (Å²) in [5, 5.41) is 3.00. The molecule has 1 atom stereocenters. The predicted molar refractivity (Wildman–Crippen MR) is 62.8 cm³/mol. The summed E-state index contributed by atoms with van der Waals surface area (Å²) in [4.78, 5) is 11.8. The second-order valence-electron chi connectivity index (χ2n) is 4.93. The van der Waals surface area contributed by atoms with Gasteiger partial charge in [-0.25, -0.2) is 0 Å². The zero-order valence-corrected chi connectivity index (χ0v) is 9.87. The Kier molecular flexibility index (Phi) is 3.51. The van der Waals surface area contributed by atoms with Gasteiger partial charge in [0.2, 0.25) is 0 Å². The zero-order chi connectivity index (χ0) is 11.5. The fourth-order valence-electron chi connectivity index (χ4n) is 1.09. The summed E-state index contributed by atoms with van der Waals surface area (Å²) in [5.74, 6) is -0.00183. The fraction of sp³-hybridized carbons (Fsp3) is 0.462. The number of nitrogens with one attached hydrogen (secondary N) is 1. The molecule has 0 aliphatic rings. The molecule has 0 saturated heterocycles. The van der Waals surface area contributed by atoms with Gasteiger partial charge in [0.05, 0.1) is 0 Å². The Balaban J connectivity index is 2.65. The maximum Gasteiger partial charge on any atom is 0.251 e. The highest BCUT2D eigenvalue weighted by atomic mass is 16.1. The highest BCUT2D eigenvalue weighted by Crippen LogP contribution is 2.18. The minimum absolute atomic E-state index is 0.00183. The van der Waals surface area contributed by atoms with E-state index in [1.807, 2.05) is 37.3 Å². The summed E-state index contributed by atoms with van der Waals surface area (Å²) in [6, 6.07) is 9.46. The molecule has 0 aliphatic heterocycles. The molecule has 1 aromatic rings. The van der Waals surface area contributed by atoms with E-state index in [4.69, 9.17) is 0 Å². The molecule has 0 unspecified atom stereocenters. The predicted octanol–water partition coefficient (Wildman–Crippen LogP) is 2.85. The zero-order valence-electron chi connectivity index (χ0n) is 9.87. The summed E-state index contributed by atoms with van der Waals surface area (Å²) < 4.78 is 0. The van der Waals surface area contributed by atoms with E-state index in [0.29, 0.717) is 5.56 Å². The Morgan fingerprint density at radius 3 is 2.20 bits per heavy atom. The van der Waals surface area contributed by atoms with E-state index in [1.165, 1.54) is 0 Å². The van der Waals surface area contributed by atoms with Crippen molar-refractivity contribution in [1.29, 1.82) is 0 Å². The molecule has 0 fully saturated rings. The average molecular weight is 205 g/mol. The van der Waals surface area contributed by atoms with E-state index < -0.39 is 0 Å². The maximum atomic E-state index is 11.8. The molecule has 82 valence electrons. The van der Waals surface area contributed by atoms with Crippen molar-refractivity contribution in [2.24, 2.45) is 5.41 Å². The largest absolute Gasteiger partial charge is 0.349 e. The van der Waals surface area contributed by atoms with Crippen LogP contribution in [-0.4, -0.2) is 11.9 Å². The van der Waals surface area contributed by atoms with Crippen LogP contribution < -0.4 is 5.32 Å². The molecule has 2 heteroatoms. The van der Waals surface area contributed by atoms with Crippen molar-refractivity contribution in [1.82, 2.24) is 5.32 Å². The van der Waals surface area contributed by atoms with E-state index in [9.17, 15) is 4.79 Å². The molecular formula is C13H19NO. The molecule has 0 bridgehead atoms. The Hall–Kier alpha value is -1.31. The van der Waals surface area contributed by atoms with Gasteiger partial charge in [-0.05, 0) is 24.5 Å². The highest BCUT2D eigenvalue weighted by molar-refractivity contribution is 5.94. The molecule has 0 aromatic heterocycles. The summed E-state index contributed by atoms with van der Waals surface area (Å²) in [6.07, 6.45) is 0. The standard InChI is InChI=1S/C13H19NO/c1-10(13(2,3)4)14-12(15)11-8-6-5-7-9-11/h5-10H,1-4H3,(H,14,15)/t10-/m1/s1.